The molecule has 7 nitrogen and oxygen atoms in total. The SMILES string of the molecule is CCC(=O)NC1CCC(CC(=O)OC2CC[C@]3(CO3)C([C@@]3(C)O[C@@H]3CC=C(C)C)C2OC)CC1. The van der Waals surface area contributed by atoms with Gasteiger partial charge in [-0.2, -0.15) is 0 Å². The van der Waals surface area contributed by atoms with Gasteiger partial charge in [-0.3, -0.25) is 9.59 Å². The standard InChI is InChI=1S/C27H43NO6/c1-6-22(29)28-19-10-8-18(9-11-19)15-23(30)33-20-13-14-27(16-32-27)25(24(20)31-5)26(4)21(34-26)12-7-17(2)3/h7,18-21,24-25H,6,8-16H2,1-5H3,(H,28,29)/t18?,19?,20?,21-,24?,25?,26+,27+/m1/s1. The Balaban J connectivity index is 1.32. The Morgan fingerprint density at radius 2 is 1.85 bits per heavy atom. The van der Waals surface area contributed by atoms with Crippen LogP contribution in [-0.2, 0) is 28.5 Å². The molecule has 3 unspecified atom stereocenters. The van der Waals surface area contributed by atoms with Crippen molar-refractivity contribution in [1.82, 2.24) is 5.32 Å². The predicted molar refractivity (Wildman–Crippen MR) is 128 cm³/mol. The first-order chi connectivity index (χ1) is 16.2. The van der Waals surface area contributed by atoms with Crippen LogP contribution in [0.15, 0.2) is 11.6 Å². The van der Waals surface area contributed by atoms with Crippen molar-refractivity contribution in [2.45, 2.75) is 121 Å². The molecule has 0 aromatic rings. The molecule has 4 fully saturated rings. The molecule has 7 heteroatoms. The number of methoxy groups -OCH3 is 1. The van der Waals surface area contributed by atoms with Crippen molar-refractivity contribution in [3.05, 3.63) is 11.6 Å². The number of rotatable bonds is 9. The highest BCUT2D eigenvalue weighted by molar-refractivity contribution is 5.75. The van der Waals surface area contributed by atoms with Gasteiger partial charge in [-0.1, -0.05) is 18.6 Å². The van der Waals surface area contributed by atoms with Crippen LogP contribution in [0.2, 0.25) is 0 Å². The van der Waals surface area contributed by atoms with E-state index in [4.69, 9.17) is 18.9 Å². The van der Waals surface area contributed by atoms with E-state index in [1.165, 1.54) is 5.57 Å². The van der Waals surface area contributed by atoms with Gasteiger partial charge in [0, 0.05) is 26.0 Å². The summed E-state index contributed by atoms with van der Waals surface area (Å²) in [5.41, 5.74) is 0.755. The van der Waals surface area contributed by atoms with E-state index in [2.05, 4.69) is 32.2 Å². The van der Waals surface area contributed by atoms with Gasteiger partial charge in [0.25, 0.3) is 0 Å². The van der Waals surface area contributed by atoms with Crippen LogP contribution in [0.4, 0.5) is 0 Å². The van der Waals surface area contributed by atoms with Crippen LogP contribution in [-0.4, -0.2) is 61.1 Å². The average Bonchev–Trinajstić information content (AvgIpc) is 3.72. The monoisotopic (exact) mass is 477 g/mol. The van der Waals surface area contributed by atoms with Crippen LogP contribution in [0.5, 0.6) is 0 Å². The maximum atomic E-state index is 12.9. The van der Waals surface area contributed by atoms with Gasteiger partial charge < -0.3 is 24.3 Å². The third-order valence-corrected chi connectivity index (χ3v) is 8.51. The minimum absolute atomic E-state index is 0.0460. The number of nitrogens with one attached hydrogen (secondary N) is 1. The number of amides is 1. The van der Waals surface area contributed by atoms with Crippen molar-refractivity contribution >= 4 is 11.9 Å². The maximum Gasteiger partial charge on any atom is 0.306 e. The fourth-order valence-electron chi connectivity index (χ4n) is 6.36. The second kappa shape index (κ2) is 10.3. The third kappa shape index (κ3) is 5.52. The Hall–Kier alpha value is -1.44. The number of hydrogen-bond acceptors (Lipinski definition) is 6. The lowest BCUT2D eigenvalue weighted by Crippen LogP contribution is -2.55. The van der Waals surface area contributed by atoms with Crippen LogP contribution in [0.1, 0.15) is 85.5 Å². The van der Waals surface area contributed by atoms with E-state index in [1.807, 2.05) is 6.92 Å². The number of esters is 1. The lowest BCUT2D eigenvalue weighted by molar-refractivity contribution is -0.173. The molecule has 2 saturated carbocycles. The Labute approximate surface area is 204 Å². The molecule has 2 saturated heterocycles. The predicted octanol–water partition coefficient (Wildman–Crippen LogP) is 4.08. The maximum absolute atomic E-state index is 12.9. The second-order valence-corrected chi connectivity index (χ2v) is 11.2. The summed E-state index contributed by atoms with van der Waals surface area (Å²) in [7, 11) is 1.71. The molecule has 2 aliphatic carbocycles. The molecule has 1 spiro atoms. The molecule has 34 heavy (non-hydrogen) atoms. The molecule has 4 aliphatic rings. The first-order valence-electron chi connectivity index (χ1n) is 13.2. The number of ether oxygens (including phenoxy) is 4. The summed E-state index contributed by atoms with van der Waals surface area (Å²) in [6.07, 6.45) is 9.06. The third-order valence-electron chi connectivity index (χ3n) is 8.51. The number of hydrogen-bond donors (Lipinski definition) is 1. The Morgan fingerprint density at radius 3 is 2.44 bits per heavy atom. The van der Waals surface area contributed by atoms with Gasteiger partial charge in [0.2, 0.25) is 5.91 Å². The molecule has 6 atom stereocenters. The smallest absolute Gasteiger partial charge is 0.306 e. The largest absolute Gasteiger partial charge is 0.460 e. The fourth-order valence-corrected chi connectivity index (χ4v) is 6.36. The topological polar surface area (TPSA) is 89.7 Å². The van der Waals surface area contributed by atoms with Crippen LogP contribution in [0.3, 0.4) is 0 Å². The van der Waals surface area contributed by atoms with E-state index in [-0.39, 0.29) is 53.4 Å². The summed E-state index contributed by atoms with van der Waals surface area (Å²) in [6, 6.07) is 0.241. The van der Waals surface area contributed by atoms with Gasteiger partial charge in [-0.05, 0) is 71.6 Å². The number of epoxide rings is 2. The minimum Gasteiger partial charge on any atom is -0.460 e. The number of allylic oxidation sites excluding steroid dienone is 1. The van der Waals surface area contributed by atoms with E-state index < -0.39 is 0 Å². The molecule has 0 aromatic heterocycles. The molecule has 2 aliphatic heterocycles. The lowest BCUT2D eigenvalue weighted by atomic mass is 9.68. The normalized spacial score (nSPS) is 41.0. The fraction of sp³-hybridized carbons (Fsp3) is 0.852. The quantitative estimate of drug-likeness (QED) is 0.306. The van der Waals surface area contributed by atoms with E-state index in [0.717, 1.165) is 51.6 Å². The van der Waals surface area contributed by atoms with E-state index >= 15 is 0 Å². The van der Waals surface area contributed by atoms with Crippen molar-refractivity contribution in [3.63, 3.8) is 0 Å². The van der Waals surface area contributed by atoms with Crippen molar-refractivity contribution in [3.8, 4) is 0 Å². The van der Waals surface area contributed by atoms with Crippen LogP contribution >= 0.6 is 0 Å². The van der Waals surface area contributed by atoms with Crippen molar-refractivity contribution in [1.29, 1.82) is 0 Å². The molecule has 1 amide bonds. The van der Waals surface area contributed by atoms with E-state index in [1.54, 1.807) is 7.11 Å². The summed E-state index contributed by atoms with van der Waals surface area (Å²) in [4.78, 5) is 24.6. The van der Waals surface area contributed by atoms with Gasteiger partial charge in [0.15, 0.2) is 0 Å². The molecule has 192 valence electrons. The first-order valence-corrected chi connectivity index (χ1v) is 13.2. The van der Waals surface area contributed by atoms with Gasteiger partial charge in [0.1, 0.15) is 23.4 Å². The van der Waals surface area contributed by atoms with Gasteiger partial charge in [-0.25, -0.2) is 0 Å². The molecule has 1 N–H and O–H groups in total. The van der Waals surface area contributed by atoms with E-state index in [0.29, 0.717) is 18.8 Å². The van der Waals surface area contributed by atoms with Crippen molar-refractivity contribution < 1.29 is 28.5 Å². The zero-order chi connectivity index (χ0) is 24.5. The average molecular weight is 478 g/mol. The molecule has 4 rings (SSSR count). The summed E-state index contributed by atoms with van der Waals surface area (Å²) < 4.78 is 24.3. The van der Waals surface area contributed by atoms with Crippen molar-refractivity contribution in [2.75, 3.05) is 13.7 Å². The molecule has 0 radical (unpaired) electrons. The van der Waals surface area contributed by atoms with Crippen LogP contribution < -0.4 is 5.32 Å². The van der Waals surface area contributed by atoms with Crippen molar-refractivity contribution in [2.24, 2.45) is 11.8 Å². The highest BCUT2D eigenvalue weighted by atomic mass is 16.6. The highest BCUT2D eigenvalue weighted by Gasteiger charge is 2.72. The Kier molecular flexibility index (Phi) is 7.75. The molecular weight excluding hydrogens is 434 g/mol. The van der Waals surface area contributed by atoms with Gasteiger partial charge >= 0.3 is 5.97 Å². The van der Waals surface area contributed by atoms with Gasteiger partial charge in [-0.15, -0.1) is 0 Å². The summed E-state index contributed by atoms with van der Waals surface area (Å²) in [5, 5.41) is 3.08. The Bertz CT molecular complexity index is 780. The number of carbonyl (C=O) groups is 2. The van der Waals surface area contributed by atoms with E-state index in [9.17, 15) is 9.59 Å². The number of carbonyl (C=O) groups excluding carboxylic acids is 2. The summed E-state index contributed by atoms with van der Waals surface area (Å²) in [5.74, 6) is 0.333. The second-order valence-electron chi connectivity index (χ2n) is 11.2. The molecule has 2 heterocycles. The molecular formula is C27H43NO6. The Morgan fingerprint density at radius 1 is 1.15 bits per heavy atom. The molecule has 0 aromatic carbocycles. The molecule has 0 bridgehead atoms. The zero-order valence-corrected chi connectivity index (χ0v) is 21.6. The summed E-state index contributed by atoms with van der Waals surface area (Å²) >= 11 is 0. The lowest BCUT2D eigenvalue weighted by Gasteiger charge is -2.42. The summed E-state index contributed by atoms with van der Waals surface area (Å²) in [6.45, 7) is 8.97. The zero-order valence-electron chi connectivity index (χ0n) is 21.6. The van der Waals surface area contributed by atoms with Crippen LogP contribution in [0, 0.1) is 11.8 Å². The minimum atomic E-state index is -0.324. The first kappa shape index (κ1) is 25.6. The van der Waals surface area contributed by atoms with Crippen LogP contribution in [0.25, 0.3) is 0 Å². The highest BCUT2D eigenvalue weighted by Crippen LogP contribution is 2.59. The van der Waals surface area contributed by atoms with Gasteiger partial charge in [0.05, 0.1) is 18.6 Å².